The number of amides is 1. The number of ether oxygens (including phenoxy) is 2. The van der Waals surface area contributed by atoms with Crippen LogP contribution in [0, 0.1) is 23.7 Å². The first kappa shape index (κ1) is 28.3. The molecular weight excluding hydrogens is 496 g/mol. The zero-order valence-electron chi connectivity index (χ0n) is 23.6. The molecule has 0 radical (unpaired) electrons. The van der Waals surface area contributed by atoms with Gasteiger partial charge in [-0.05, 0) is 52.2 Å². The largest absolute Gasteiger partial charge is 0.444 e. The van der Waals surface area contributed by atoms with Gasteiger partial charge in [0.15, 0.2) is 11.5 Å². The van der Waals surface area contributed by atoms with Gasteiger partial charge < -0.3 is 24.8 Å². The van der Waals surface area contributed by atoms with Gasteiger partial charge in [0, 0.05) is 37.2 Å². The molecule has 208 valence electrons. The highest BCUT2D eigenvalue weighted by Gasteiger charge is 2.38. The molecule has 3 aromatic rings. The van der Waals surface area contributed by atoms with Crippen LogP contribution >= 0.6 is 0 Å². The van der Waals surface area contributed by atoms with Crippen molar-refractivity contribution in [3.63, 3.8) is 0 Å². The summed E-state index contributed by atoms with van der Waals surface area (Å²) >= 11 is 0. The molecule has 1 aliphatic heterocycles. The first-order valence-corrected chi connectivity index (χ1v) is 13.3. The average molecular weight is 535 g/mol. The molecule has 3 heterocycles. The van der Waals surface area contributed by atoms with E-state index in [-0.39, 0.29) is 17.8 Å². The van der Waals surface area contributed by atoms with E-state index in [2.05, 4.69) is 28.2 Å². The smallest absolute Gasteiger partial charge is 0.407 e. The molecule has 39 heavy (non-hydrogen) atoms. The van der Waals surface area contributed by atoms with E-state index in [1.165, 1.54) is 0 Å². The fraction of sp³-hybridized carbons (Fsp3) is 0.517. The number of nitrogens with one attached hydrogen (secondary N) is 1. The van der Waals surface area contributed by atoms with E-state index >= 15 is 0 Å². The lowest BCUT2D eigenvalue weighted by molar-refractivity contribution is 0.0374. The average Bonchev–Trinajstić information content (AvgIpc) is 3.49. The highest BCUT2D eigenvalue weighted by atomic mass is 16.6. The van der Waals surface area contributed by atoms with Crippen LogP contribution < -0.4 is 10.2 Å². The predicted octanol–water partition coefficient (Wildman–Crippen LogP) is 4.39. The minimum atomic E-state index is -1.02. The van der Waals surface area contributed by atoms with E-state index in [1.54, 1.807) is 4.52 Å². The number of aromatic nitrogens is 3. The molecule has 2 atom stereocenters. The van der Waals surface area contributed by atoms with Crippen molar-refractivity contribution in [2.45, 2.75) is 59.7 Å². The van der Waals surface area contributed by atoms with Crippen LogP contribution in [-0.2, 0) is 9.47 Å². The van der Waals surface area contributed by atoms with Gasteiger partial charge in [0.1, 0.15) is 29.2 Å². The van der Waals surface area contributed by atoms with Crippen molar-refractivity contribution in [3.8, 4) is 17.2 Å². The van der Waals surface area contributed by atoms with E-state index in [9.17, 15) is 15.2 Å². The van der Waals surface area contributed by atoms with Crippen molar-refractivity contribution in [2.75, 3.05) is 37.7 Å². The Kier molecular flexibility index (Phi) is 8.14. The van der Waals surface area contributed by atoms with Crippen LogP contribution in [0.1, 0.15) is 64.1 Å². The number of nitriles is 1. The fourth-order valence-corrected chi connectivity index (χ4v) is 4.97. The molecule has 2 aromatic heterocycles. The van der Waals surface area contributed by atoms with Crippen molar-refractivity contribution in [3.05, 3.63) is 47.3 Å². The molecule has 10 nitrogen and oxygen atoms in total. The third-order valence-electron chi connectivity index (χ3n) is 6.89. The van der Waals surface area contributed by atoms with Crippen molar-refractivity contribution < 1.29 is 19.4 Å². The van der Waals surface area contributed by atoms with Gasteiger partial charge >= 0.3 is 6.09 Å². The van der Waals surface area contributed by atoms with Gasteiger partial charge in [0.05, 0.1) is 6.61 Å². The number of hydrogen-bond donors (Lipinski definition) is 2. The van der Waals surface area contributed by atoms with E-state index in [0.29, 0.717) is 37.5 Å². The lowest BCUT2D eigenvalue weighted by Crippen LogP contribution is -2.40. The second-order valence-corrected chi connectivity index (χ2v) is 11.4. The fourth-order valence-electron chi connectivity index (χ4n) is 4.97. The quantitative estimate of drug-likeness (QED) is 0.436. The van der Waals surface area contributed by atoms with Gasteiger partial charge in [0.2, 0.25) is 0 Å². The Balaban J connectivity index is 1.78. The number of carbonyl (C=O) groups is 1. The Labute approximate surface area is 229 Å². The zero-order chi connectivity index (χ0) is 28.4. The molecule has 1 saturated heterocycles. The summed E-state index contributed by atoms with van der Waals surface area (Å²) in [5, 5.41) is 28.5. The Hall–Kier alpha value is -3.68. The SMILES string of the molecule is CCOCC(O)c1nc2c(C#N)c(C)c(-c3ccccc3)c(N3CC[C@@](C)(CNC(=O)OC(C)(C)C)C3)n2n1. The molecule has 1 unspecified atom stereocenters. The second-order valence-electron chi connectivity index (χ2n) is 11.4. The Morgan fingerprint density at radius 1 is 1.31 bits per heavy atom. The van der Waals surface area contributed by atoms with Crippen molar-refractivity contribution >= 4 is 17.6 Å². The van der Waals surface area contributed by atoms with Crippen LogP contribution in [0.4, 0.5) is 10.6 Å². The standard InChI is InChI=1S/C29H38N6O4/c1-7-38-16-22(36)24-32-25-21(15-30)19(2)23(20-11-9-8-10-12-20)26(35(25)33-24)34-14-13-29(6,18-34)17-31-27(37)39-28(3,4)5/h8-12,22,36H,7,13-14,16-18H2,1-6H3,(H,31,37)/t22?,29-/m0/s1. The van der Waals surface area contributed by atoms with Crippen LogP contribution in [0.5, 0.6) is 0 Å². The lowest BCUT2D eigenvalue weighted by Gasteiger charge is -2.29. The summed E-state index contributed by atoms with van der Waals surface area (Å²) in [6.07, 6.45) is -0.633. The predicted molar refractivity (Wildman–Crippen MR) is 149 cm³/mol. The number of rotatable bonds is 8. The highest BCUT2D eigenvalue weighted by molar-refractivity contribution is 5.85. The zero-order valence-corrected chi connectivity index (χ0v) is 23.6. The number of carbonyl (C=O) groups excluding carboxylic acids is 1. The number of aliphatic hydroxyl groups excluding tert-OH is 1. The molecule has 2 N–H and O–H groups in total. The number of alkyl carbamates (subject to hydrolysis) is 1. The summed E-state index contributed by atoms with van der Waals surface area (Å²) in [7, 11) is 0. The Morgan fingerprint density at radius 3 is 2.67 bits per heavy atom. The summed E-state index contributed by atoms with van der Waals surface area (Å²) in [4.78, 5) is 19.2. The molecule has 1 amide bonds. The van der Waals surface area contributed by atoms with Crippen molar-refractivity contribution in [2.24, 2.45) is 5.41 Å². The minimum absolute atomic E-state index is 0.0627. The molecular formula is C29H38N6O4. The molecule has 0 spiro atoms. The molecule has 0 bridgehead atoms. The Bertz CT molecular complexity index is 1370. The number of fused-ring (bicyclic) bond motifs is 1. The second kappa shape index (κ2) is 11.2. The van der Waals surface area contributed by atoms with Crippen LogP contribution in [0.15, 0.2) is 30.3 Å². The first-order chi connectivity index (χ1) is 18.5. The van der Waals surface area contributed by atoms with Crippen LogP contribution in [0.25, 0.3) is 16.8 Å². The van der Waals surface area contributed by atoms with Gasteiger partial charge in [-0.1, -0.05) is 37.3 Å². The van der Waals surface area contributed by atoms with Crippen LogP contribution in [0.2, 0.25) is 0 Å². The van der Waals surface area contributed by atoms with Gasteiger partial charge in [-0.25, -0.2) is 9.78 Å². The molecule has 0 aliphatic carbocycles. The molecule has 1 aliphatic rings. The van der Waals surface area contributed by atoms with Gasteiger partial charge in [-0.3, -0.25) is 0 Å². The number of benzene rings is 1. The maximum Gasteiger partial charge on any atom is 0.407 e. The molecule has 1 aromatic carbocycles. The summed E-state index contributed by atoms with van der Waals surface area (Å²) in [6, 6.07) is 12.2. The first-order valence-electron chi connectivity index (χ1n) is 13.3. The number of nitrogens with zero attached hydrogens (tertiary/aromatic N) is 5. The van der Waals surface area contributed by atoms with Gasteiger partial charge in [0.25, 0.3) is 0 Å². The summed E-state index contributed by atoms with van der Waals surface area (Å²) in [5.74, 6) is 1.01. The maximum atomic E-state index is 12.3. The minimum Gasteiger partial charge on any atom is -0.444 e. The van der Waals surface area contributed by atoms with Crippen molar-refractivity contribution in [1.82, 2.24) is 19.9 Å². The summed E-state index contributed by atoms with van der Waals surface area (Å²) in [6.45, 7) is 13.8. The van der Waals surface area contributed by atoms with Crippen LogP contribution in [0.3, 0.4) is 0 Å². The topological polar surface area (TPSA) is 125 Å². The van der Waals surface area contributed by atoms with E-state index < -0.39 is 17.8 Å². The molecule has 1 fully saturated rings. The third kappa shape index (κ3) is 6.15. The van der Waals surface area contributed by atoms with Crippen LogP contribution in [-0.4, -0.2) is 64.2 Å². The van der Waals surface area contributed by atoms with Gasteiger partial charge in [-0.15, -0.1) is 5.10 Å². The van der Waals surface area contributed by atoms with Crippen molar-refractivity contribution in [1.29, 1.82) is 5.26 Å². The molecule has 4 rings (SSSR count). The maximum absolute atomic E-state index is 12.3. The molecule has 10 heteroatoms. The Morgan fingerprint density at radius 2 is 2.03 bits per heavy atom. The highest BCUT2D eigenvalue weighted by Crippen LogP contribution is 2.41. The van der Waals surface area contributed by atoms with E-state index in [4.69, 9.17) is 14.6 Å². The molecule has 0 saturated carbocycles. The number of pyridine rings is 1. The monoisotopic (exact) mass is 534 g/mol. The van der Waals surface area contributed by atoms with Gasteiger partial charge in [-0.2, -0.15) is 9.78 Å². The summed E-state index contributed by atoms with van der Waals surface area (Å²) < 4.78 is 12.5. The number of hydrogen-bond acceptors (Lipinski definition) is 8. The number of anilines is 1. The van der Waals surface area contributed by atoms with E-state index in [0.717, 1.165) is 28.9 Å². The normalized spacial score (nSPS) is 18.3. The lowest BCUT2D eigenvalue weighted by atomic mass is 9.90. The van der Waals surface area contributed by atoms with E-state index in [1.807, 2.05) is 65.0 Å². The number of aliphatic hydroxyl groups is 1. The third-order valence-corrected chi connectivity index (χ3v) is 6.89. The summed E-state index contributed by atoms with van der Waals surface area (Å²) in [5.41, 5.74) is 2.65.